The van der Waals surface area contributed by atoms with Crippen LogP contribution in [-0.4, -0.2) is 30.4 Å². The van der Waals surface area contributed by atoms with E-state index in [0.717, 1.165) is 12.8 Å². The molecule has 16 heavy (non-hydrogen) atoms. The average Bonchev–Trinajstić information content (AvgIpc) is 2.31. The van der Waals surface area contributed by atoms with Crippen molar-refractivity contribution in [3.63, 3.8) is 0 Å². The predicted octanol–water partition coefficient (Wildman–Crippen LogP) is 1.51. The van der Waals surface area contributed by atoms with Crippen LogP contribution >= 0.6 is 0 Å². The number of nitriles is 1. The van der Waals surface area contributed by atoms with E-state index in [9.17, 15) is 4.79 Å². The zero-order valence-corrected chi connectivity index (χ0v) is 10.8. The molecule has 0 heterocycles. The van der Waals surface area contributed by atoms with Gasteiger partial charge in [0.25, 0.3) is 0 Å². The molecule has 92 valence electrons. The number of hydrogen-bond donors (Lipinski definition) is 1. The van der Waals surface area contributed by atoms with Gasteiger partial charge in [-0.1, -0.05) is 13.8 Å². The number of carbonyl (C=O) groups excluding carboxylic acids is 1. The molecule has 0 aliphatic heterocycles. The standard InChI is InChI=1S/C12H23N3O/c1-5-12(6-2,9-14)11(16)15(4)10(3)7-8-13/h10H,5-7,9,14H2,1-4H3. The Morgan fingerprint density at radius 3 is 2.31 bits per heavy atom. The van der Waals surface area contributed by atoms with Gasteiger partial charge in [0.1, 0.15) is 0 Å². The van der Waals surface area contributed by atoms with Gasteiger partial charge in [-0.25, -0.2) is 0 Å². The molecule has 2 N–H and O–H groups in total. The molecule has 1 unspecified atom stereocenters. The van der Waals surface area contributed by atoms with E-state index in [2.05, 4.69) is 6.07 Å². The van der Waals surface area contributed by atoms with E-state index in [-0.39, 0.29) is 11.9 Å². The number of nitrogens with two attached hydrogens (primary N) is 1. The lowest BCUT2D eigenvalue weighted by Gasteiger charge is -2.35. The van der Waals surface area contributed by atoms with E-state index in [1.165, 1.54) is 0 Å². The predicted molar refractivity (Wildman–Crippen MR) is 64.5 cm³/mol. The molecular weight excluding hydrogens is 202 g/mol. The van der Waals surface area contributed by atoms with E-state index >= 15 is 0 Å². The van der Waals surface area contributed by atoms with E-state index in [1.807, 2.05) is 20.8 Å². The summed E-state index contributed by atoms with van der Waals surface area (Å²) in [5.74, 6) is 0.0581. The molecule has 0 aromatic carbocycles. The summed E-state index contributed by atoms with van der Waals surface area (Å²) in [6.45, 7) is 6.21. The fraction of sp³-hybridized carbons (Fsp3) is 0.833. The highest BCUT2D eigenvalue weighted by Gasteiger charge is 2.36. The topological polar surface area (TPSA) is 70.1 Å². The Morgan fingerprint density at radius 2 is 2.00 bits per heavy atom. The van der Waals surface area contributed by atoms with Crippen LogP contribution in [0.15, 0.2) is 0 Å². The average molecular weight is 225 g/mol. The summed E-state index contributed by atoms with van der Waals surface area (Å²) in [5.41, 5.74) is 5.27. The summed E-state index contributed by atoms with van der Waals surface area (Å²) < 4.78 is 0. The van der Waals surface area contributed by atoms with Gasteiger partial charge in [0, 0.05) is 19.6 Å². The minimum Gasteiger partial charge on any atom is -0.341 e. The van der Waals surface area contributed by atoms with Crippen LogP contribution in [0.1, 0.15) is 40.0 Å². The maximum absolute atomic E-state index is 12.3. The van der Waals surface area contributed by atoms with Crippen molar-refractivity contribution < 1.29 is 4.79 Å². The largest absolute Gasteiger partial charge is 0.341 e. The van der Waals surface area contributed by atoms with Gasteiger partial charge in [-0.2, -0.15) is 5.26 Å². The number of hydrogen-bond acceptors (Lipinski definition) is 3. The third-order valence-corrected chi connectivity index (χ3v) is 3.57. The van der Waals surface area contributed by atoms with Crippen LogP contribution in [-0.2, 0) is 4.79 Å². The smallest absolute Gasteiger partial charge is 0.230 e. The van der Waals surface area contributed by atoms with Crippen molar-refractivity contribution in [2.24, 2.45) is 11.1 Å². The van der Waals surface area contributed by atoms with Gasteiger partial charge in [-0.05, 0) is 19.8 Å². The number of carbonyl (C=O) groups is 1. The maximum Gasteiger partial charge on any atom is 0.230 e. The Bertz CT molecular complexity index is 258. The number of nitrogens with zero attached hydrogens (tertiary/aromatic N) is 2. The summed E-state index contributed by atoms with van der Waals surface area (Å²) in [6, 6.07) is 2.03. The molecule has 0 rings (SSSR count). The van der Waals surface area contributed by atoms with Crippen LogP contribution in [0.4, 0.5) is 0 Å². The van der Waals surface area contributed by atoms with Crippen molar-refractivity contribution in [3.05, 3.63) is 0 Å². The third-order valence-electron chi connectivity index (χ3n) is 3.57. The molecule has 1 amide bonds. The highest BCUT2D eigenvalue weighted by molar-refractivity contribution is 5.83. The molecular formula is C12H23N3O. The highest BCUT2D eigenvalue weighted by atomic mass is 16.2. The van der Waals surface area contributed by atoms with Crippen molar-refractivity contribution in [2.45, 2.75) is 46.1 Å². The second-order valence-corrected chi connectivity index (χ2v) is 4.32. The molecule has 0 saturated heterocycles. The Balaban J connectivity index is 4.82. The quantitative estimate of drug-likeness (QED) is 0.745. The van der Waals surface area contributed by atoms with Gasteiger partial charge in [0.15, 0.2) is 0 Å². The molecule has 0 radical (unpaired) electrons. The first-order valence-electron chi connectivity index (χ1n) is 5.83. The van der Waals surface area contributed by atoms with Crippen LogP contribution in [0, 0.1) is 16.7 Å². The van der Waals surface area contributed by atoms with Gasteiger partial charge in [0.05, 0.1) is 17.9 Å². The monoisotopic (exact) mass is 225 g/mol. The van der Waals surface area contributed by atoms with Crippen molar-refractivity contribution in [1.82, 2.24) is 4.90 Å². The molecule has 0 bridgehead atoms. The first-order chi connectivity index (χ1) is 7.48. The zero-order valence-electron chi connectivity index (χ0n) is 10.8. The first kappa shape index (κ1) is 14.9. The van der Waals surface area contributed by atoms with Crippen LogP contribution < -0.4 is 5.73 Å². The molecule has 0 saturated carbocycles. The fourth-order valence-corrected chi connectivity index (χ4v) is 1.77. The molecule has 0 aromatic rings. The van der Waals surface area contributed by atoms with Crippen molar-refractivity contribution in [2.75, 3.05) is 13.6 Å². The normalized spacial score (nSPS) is 13.0. The fourth-order valence-electron chi connectivity index (χ4n) is 1.77. The molecule has 4 heteroatoms. The molecule has 0 aromatic heterocycles. The Hall–Kier alpha value is -1.08. The van der Waals surface area contributed by atoms with Crippen molar-refractivity contribution in [3.8, 4) is 6.07 Å². The Labute approximate surface area is 98.4 Å². The first-order valence-corrected chi connectivity index (χ1v) is 5.83. The number of amides is 1. The van der Waals surface area contributed by atoms with E-state index < -0.39 is 5.41 Å². The molecule has 0 spiro atoms. The van der Waals surface area contributed by atoms with Gasteiger partial charge in [-0.3, -0.25) is 4.79 Å². The lowest BCUT2D eigenvalue weighted by Crippen LogP contribution is -2.48. The second-order valence-electron chi connectivity index (χ2n) is 4.32. The molecule has 0 fully saturated rings. The molecule has 0 aliphatic rings. The molecule has 0 aliphatic carbocycles. The Kier molecular flexibility index (Phi) is 6.05. The van der Waals surface area contributed by atoms with Gasteiger partial charge in [0.2, 0.25) is 5.91 Å². The van der Waals surface area contributed by atoms with E-state index in [0.29, 0.717) is 13.0 Å². The second kappa shape index (κ2) is 6.49. The van der Waals surface area contributed by atoms with Crippen LogP contribution in [0.3, 0.4) is 0 Å². The summed E-state index contributed by atoms with van der Waals surface area (Å²) in [5, 5.41) is 8.63. The maximum atomic E-state index is 12.3. The SMILES string of the molecule is CCC(CC)(CN)C(=O)N(C)C(C)CC#N. The lowest BCUT2D eigenvalue weighted by molar-refractivity contribution is -0.142. The van der Waals surface area contributed by atoms with Gasteiger partial charge in [-0.15, -0.1) is 0 Å². The minimum absolute atomic E-state index is 0.0541. The molecule has 1 atom stereocenters. The lowest BCUT2D eigenvalue weighted by atomic mass is 9.80. The van der Waals surface area contributed by atoms with Crippen LogP contribution in [0.2, 0.25) is 0 Å². The number of rotatable bonds is 6. The van der Waals surface area contributed by atoms with Gasteiger partial charge < -0.3 is 10.6 Å². The molecule has 4 nitrogen and oxygen atoms in total. The van der Waals surface area contributed by atoms with Crippen molar-refractivity contribution in [1.29, 1.82) is 5.26 Å². The zero-order chi connectivity index (χ0) is 12.8. The minimum atomic E-state index is -0.460. The summed E-state index contributed by atoms with van der Waals surface area (Å²) in [6.07, 6.45) is 1.83. The van der Waals surface area contributed by atoms with Gasteiger partial charge >= 0.3 is 0 Å². The highest BCUT2D eigenvalue weighted by Crippen LogP contribution is 2.28. The summed E-state index contributed by atoms with van der Waals surface area (Å²) in [7, 11) is 1.75. The summed E-state index contributed by atoms with van der Waals surface area (Å²) >= 11 is 0. The van der Waals surface area contributed by atoms with Crippen LogP contribution in [0.25, 0.3) is 0 Å². The third kappa shape index (κ3) is 2.96. The van der Waals surface area contributed by atoms with Crippen LogP contribution in [0.5, 0.6) is 0 Å². The van der Waals surface area contributed by atoms with Crippen molar-refractivity contribution >= 4 is 5.91 Å². The summed E-state index contributed by atoms with van der Waals surface area (Å²) in [4.78, 5) is 14.0. The Morgan fingerprint density at radius 1 is 1.50 bits per heavy atom. The van der Waals surface area contributed by atoms with E-state index in [4.69, 9.17) is 11.0 Å². The van der Waals surface area contributed by atoms with E-state index in [1.54, 1.807) is 11.9 Å².